The molecule has 2 rings (SSSR count). The third-order valence-corrected chi connectivity index (χ3v) is 5.26. The van der Waals surface area contributed by atoms with Crippen LogP contribution in [0.5, 0.6) is 0 Å². The van der Waals surface area contributed by atoms with Gasteiger partial charge in [0.1, 0.15) is 0 Å². The van der Waals surface area contributed by atoms with Crippen LogP contribution in [0.4, 0.5) is 0 Å². The van der Waals surface area contributed by atoms with E-state index in [9.17, 15) is 4.79 Å². The van der Waals surface area contributed by atoms with E-state index in [0.29, 0.717) is 6.42 Å². The molecular formula is C16H25NO2S. The van der Waals surface area contributed by atoms with Gasteiger partial charge in [0, 0.05) is 4.88 Å². The van der Waals surface area contributed by atoms with Gasteiger partial charge in [0.15, 0.2) is 0 Å². The molecule has 0 radical (unpaired) electrons. The van der Waals surface area contributed by atoms with E-state index in [2.05, 4.69) is 23.7 Å². The third kappa shape index (κ3) is 4.60. The van der Waals surface area contributed by atoms with Crippen LogP contribution < -0.4 is 5.32 Å². The molecule has 1 unspecified atom stereocenters. The van der Waals surface area contributed by atoms with Gasteiger partial charge in [-0.1, -0.05) is 25.8 Å². The molecule has 1 N–H and O–H groups in total. The van der Waals surface area contributed by atoms with E-state index in [4.69, 9.17) is 4.74 Å². The van der Waals surface area contributed by atoms with Gasteiger partial charge >= 0.3 is 5.97 Å². The van der Waals surface area contributed by atoms with Crippen molar-refractivity contribution < 1.29 is 9.53 Å². The molecule has 0 amide bonds. The lowest BCUT2D eigenvalue weighted by atomic mass is 9.83. The van der Waals surface area contributed by atoms with E-state index in [1.807, 2.05) is 6.07 Å². The molecule has 0 bridgehead atoms. The first-order chi connectivity index (χ1) is 9.69. The molecule has 1 saturated carbocycles. The molecule has 1 aliphatic carbocycles. The van der Waals surface area contributed by atoms with Crippen LogP contribution in [-0.2, 0) is 9.53 Å². The normalized spacial score (nSPS) is 24.3. The Kier molecular flexibility index (Phi) is 6.05. The van der Waals surface area contributed by atoms with Crippen LogP contribution in [0.25, 0.3) is 0 Å². The highest BCUT2D eigenvalue weighted by Crippen LogP contribution is 2.29. The average molecular weight is 295 g/mol. The SMILES string of the molecule is COC(=O)CC(NCC1CCC(C)CC1)c1cccs1. The van der Waals surface area contributed by atoms with Crippen LogP contribution in [0.1, 0.15) is 49.9 Å². The highest BCUT2D eigenvalue weighted by molar-refractivity contribution is 7.10. The minimum atomic E-state index is -0.145. The quantitative estimate of drug-likeness (QED) is 0.812. The highest BCUT2D eigenvalue weighted by Gasteiger charge is 2.21. The van der Waals surface area contributed by atoms with Crippen molar-refractivity contribution in [2.75, 3.05) is 13.7 Å². The van der Waals surface area contributed by atoms with Crippen LogP contribution in [-0.4, -0.2) is 19.6 Å². The Morgan fingerprint density at radius 3 is 2.80 bits per heavy atom. The molecule has 4 heteroatoms. The molecule has 3 nitrogen and oxygen atoms in total. The van der Waals surface area contributed by atoms with E-state index in [1.165, 1.54) is 37.7 Å². The van der Waals surface area contributed by atoms with Gasteiger partial charge in [0.05, 0.1) is 19.6 Å². The van der Waals surface area contributed by atoms with Crippen LogP contribution in [0.2, 0.25) is 0 Å². The van der Waals surface area contributed by atoms with Crippen LogP contribution >= 0.6 is 11.3 Å². The second-order valence-electron chi connectivity index (χ2n) is 5.88. The number of carbonyl (C=O) groups excluding carboxylic acids is 1. The van der Waals surface area contributed by atoms with Crippen molar-refractivity contribution in [3.63, 3.8) is 0 Å². The van der Waals surface area contributed by atoms with Gasteiger partial charge in [0.2, 0.25) is 0 Å². The molecule has 1 heterocycles. The lowest BCUT2D eigenvalue weighted by Gasteiger charge is -2.28. The lowest BCUT2D eigenvalue weighted by Crippen LogP contribution is -2.30. The molecule has 1 aromatic rings. The lowest BCUT2D eigenvalue weighted by molar-refractivity contribution is -0.141. The van der Waals surface area contributed by atoms with E-state index >= 15 is 0 Å². The Labute approximate surface area is 125 Å². The summed E-state index contributed by atoms with van der Waals surface area (Å²) >= 11 is 1.70. The molecule has 0 aliphatic heterocycles. The fourth-order valence-electron chi connectivity index (χ4n) is 2.86. The third-order valence-electron chi connectivity index (χ3n) is 4.27. The van der Waals surface area contributed by atoms with Crippen LogP contribution in [0.3, 0.4) is 0 Å². The largest absolute Gasteiger partial charge is 0.469 e. The Morgan fingerprint density at radius 1 is 1.45 bits per heavy atom. The number of rotatable bonds is 6. The second-order valence-corrected chi connectivity index (χ2v) is 6.86. The zero-order chi connectivity index (χ0) is 14.4. The molecule has 1 atom stereocenters. The number of nitrogens with one attached hydrogen (secondary N) is 1. The molecular weight excluding hydrogens is 270 g/mol. The summed E-state index contributed by atoms with van der Waals surface area (Å²) in [6.45, 7) is 3.35. The van der Waals surface area contributed by atoms with E-state index in [1.54, 1.807) is 11.3 Å². The van der Waals surface area contributed by atoms with E-state index < -0.39 is 0 Å². The molecule has 20 heavy (non-hydrogen) atoms. The molecule has 1 aliphatic rings. The van der Waals surface area contributed by atoms with Gasteiger partial charge in [-0.25, -0.2) is 0 Å². The van der Waals surface area contributed by atoms with Crippen molar-refractivity contribution in [2.24, 2.45) is 11.8 Å². The smallest absolute Gasteiger partial charge is 0.307 e. The Morgan fingerprint density at radius 2 is 2.20 bits per heavy atom. The van der Waals surface area contributed by atoms with Crippen molar-refractivity contribution in [1.29, 1.82) is 0 Å². The number of ether oxygens (including phenoxy) is 1. The van der Waals surface area contributed by atoms with Gasteiger partial charge < -0.3 is 10.1 Å². The molecule has 112 valence electrons. The van der Waals surface area contributed by atoms with Gasteiger partial charge in [-0.3, -0.25) is 4.79 Å². The number of hydrogen-bond donors (Lipinski definition) is 1. The second kappa shape index (κ2) is 7.79. The van der Waals surface area contributed by atoms with Gasteiger partial charge in [0.25, 0.3) is 0 Å². The Bertz CT molecular complexity index is 397. The maximum Gasteiger partial charge on any atom is 0.307 e. The summed E-state index contributed by atoms with van der Waals surface area (Å²) in [7, 11) is 1.45. The van der Waals surface area contributed by atoms with Crippen molar-refractivity contribution in [3.05, 3.63) is 22.4 Å². The summed E-state index contributed by atoms with van der Waals surface area (Å²) in [6, 6.07) is 4.23. The van der Waals surface area contributed by atoms with Gasteiger partial charge in [-0.2, -0.15) is 0 Å². The van der Waals surface area contributed by atoms with E-state index in [-0.39, 0.29) is 12.0 Å². The maximum atomic E-state index is 11.6. The topological polar surface area (TPSA) is 38.3 Å². The first-order valence-corrected chi connectivity index (χ1v) is 8.40. The molecule has 0 aromatic carbocycles. The minimum Gasteiger partial charge on any atom is -0.469 e. The van der Waals surface area contributed by atoms with Crippen molar-refractivity contribution in [1.82, 2.24) is 5.32 Å². The van der Waals surface area contributed by atoms with Crippen molar-refractivity contribution in [3.8, 4) is 0 Å². The van der Waals surface area contributed by atoms with Gasteiger partial charge in [-0.05, 0) is 42.7 Å². The fraction of sp³-hybridized carbons (Fsp3) is 0.688. The highest BCUT2D eigenvalue weighted by atomic mass is 32.1. The monoisotopic (exact) mass is 295 g/mol. The fourth-order valence-corrected chi connectivity index (χ4v) is 3.66. The number of methoxy groups -OCH3 is 1. The van der Waals surface area contributed by atoms with Crippen LogP contribution in [0.15, 0.2) is 17.5 Å². The maximum absolute atomic E-state index is 11.6. The van der Waals surface area contributed by atoms with Crippen LogP contribution in [0, 0.1) is 11.8 Å². The molecule has 1 aromatic heterocycles. The summed E-state index contributed by atoms with van der Waals surface area (Å²) in [5.74, 6) is 1.49. The zero-order valence-electron chi connectivity index (χ0n) is 12.4. The Balaban J connectivity index is 1.86. The molecule has 1 fully saturated rings. The summed E-state index contributed by atoms with van der Waals surface area (Å²) in [5, 5.41) is 5.64. The summed E-state index contributed by atoms with van der Waals surface area (Å²) < 4.78 is 4.81. The summed E-state index contributed by atoms with van der Waals surface area (Å²) in [5.41, 5.74) is 0. The Hall–Kier alpha value is -0.870. The zero-order valence-corrected chi connectivity index (χ0v) is 13.2. The number of carbonyl (C=O) groups is 1. The average Bonchev–Trinajstić information content (AvgIpc) is 2.99. The first-order valence-electron chi connectivity index (χ1n) is 7.52. The van der Waals surface area contributed by atoms with Crippen molar-refractivity contribution in [2.45, 2.75) is 45.1 Å². The summed E-state index contributed by atoms with van der Waals surface area (Å²) in [6.07, 6.45) is 5.72. The number of thiophene rings is 1. The predicted molar refractivity (Wildman–Crippen MR) is 82.8 cm³/mol. The molecule has 0 spiro atoms. The van der Waals surface area contributed by atoms with E-state index in [0.717, 1.165) is 18.4 Å². The predicted octanol–water partition coefficient (Wildman–Crippen LogP) is 3.77. The number of esters is 1. The van der Waals surface area contributed by atoms with Crippen molar-refractivity contribution >= 4 is 17.3 Å². The minimum absolute atomic E-state index is 0.0989. The molecule has 0 saturated heterocycles. The first kappa shape index (κ1) is 15.5. The number of hydrogen-bond acceptors (Lipinski definition) is 4. The summed E-state index contributed by atoms with van der Waals surface area (Å²) in [4.78, 5) is 12.8. The standard InChI is InChI=1S/C16H25NO2S/c1-12-5-7-13(8-6-12)11-17-14(10-16(18)19-2)15-4-3-9-20-15/h3-4,9,12-14,17H,5-8,10-11H2,1-2H3. The van der Waals surface area contributed by atoms with Gasteiger partial charge in [-0.15, -0.1) is 11.3 Å².